The van der Waals surface area contributed by atoms with Crippen LogP contribution in [0.1, 0.15) is 22.8 Å². The highest BCUT2D eigenvalue weighted by atomic mass is 32.2. The maximum atomic E-state index is 14.0. The number of halogens is 1. The number of hydrogen-bond acceptors (Lipinski definition) is 4. The molecule has 0 aliphatic carbocycles. The molecule has 28 heavy (non-hydrogen) atoms. The first-order valence-corrected chi connectivity index (χ1v) is 9.98. The Hall–Kier alpha value is -2.78. The molecule has 0 saturated heterocycles. The van der Waals surface area contributed by atoms with Crippen LogP contribution in [0.5, 0.6) is 0 Å². The van der Waals surface area contributed by atoms with Crippen molar-refractivity contribution in [2.24, 2.45) is 0 Å². The molecule has 2 N–H and O–H groups in total. The van der Waals surface area contributed by atoms with Crippen LogP contribution in [0.25, 0.3) is 0 Å². The average Bonchev–Trinajstić information content (AvgIpc) is 2.66. The van der Waals surface area contributed by atoms with Crippen molar-refractivity contribution in [3.05, 3.63) is 59.4 Å². The molecule has 2 aromatic rings. The Balaban J connectivity index is 2.10. The maximum absolute atomic E-state index is 14.0. The lowest BCUT2D eigenvalue weighted by molar-refractivity contribution is -0.115. The number of nitrogens with zero attached hydrogens (tertiary/aromatic N) is 1. The van der Waals surface area contributed by atoms with Gasteiger partial charge in [-0.25, -0.2) is 17.1 Å². The standard InChI is InChI=1S/C19H22FN3O4S/c1-4-13-7-5-6-8-17(13)22-18(24)12-21-19(25)15-11-14(9-10-16(15)20)28(26,27)23(2)3/h5-11H,4,12H2,1-3H3,(H,21,25)(H,22,24). The molecule has 9 heteroatoms. The minimum Gasteiger partial charge on any atom is -0.343 e. The smallest absolute Gasteiger partial charge is 0.254 e. The SMILES string of the molecule is CCc1ccccc1NC(=O)CNC(=O)c1cc(S(=O)(=O)N(C)C)ccc1F. The highest BCUT2D eigenvalue weighted by molar-refractivity contribution is 7.89. The van der Waals surface area contributed by atoms with E-state index in [1.54, 1.807) is 12.1 Å². The van der Waals surface area contributed by atoms with E-state index in [1.807, 2.05) is 19.1 Å². The van der Waals surface area contributed by atoms with E-state index >= 15 is 0 Å². The van der Waals surface area contributed by atoms with Crippen molar-refractivity contribution < 1.29 is 22.4 Å². The second-order valence-electron chi connectivity index (χ2n) is 6.17. The molecule has 0 aromatic heterocycles. The zero-order valence-electron chi connectivity index (χ0n) is 15.8. The average molecular weight is 407 g/mol. The van der Waals surface area contributed by atoms with E-state index in [0.717, 1.165) is 34.5 Å². The quantitative estimate of drug-likeness (QED) is 0.734. The molecule has 0 fully saturated rings. The van der Waals surface area contributed by atoms with E-state index < -0.39 is 33.2 Å². The molecule has 0 saturated carbocycles. The van der Waals surface area contributed by atoms with E-state index in [2.05, 4.69) is 10.6 Å². The second-order valence-corrected chi connectivity index (χ2v) is 8.32. The molecule has 0 heterocycles. The van der Waals surface area contributed by atoms with Crippen LogP contribution >= 0.6 is 0 Å². The summed E-state index contributed by atoms with van der Waals surface area (Å²) in [5.41, 5.74) is 1.12. The summed E-state index contributed by atoms with van der Waals surface area (Å²) in [5, 5.41) is 4.99. The molecule has 2 rings (SSSR count). The molecule has 2 amide bonds. The number of benzene rings is 2. The normalized spacial score (nSPS) is 11.3. The van der Waals surface area contributed by atoms with Gasteiger partial charge in [-0.2, -0.15) is 0 Å². The van der Waals surface area contributed by atoms with Crippen LogP contribution in [0, 0.1) is 5.82 Å². The molecule has 150 valence electrons. The zero-order chi connectivity index (χ0) is 20.9. The Morgan fingerprint density at radius 2 is 1.79 bits per heavy atom. The van der Waals surface area contributed by atoms with Crippen LogP contribution in [0.2, 0.25) is 0 Å². The first-order valence-electron chi connectivity index (χ1n) is 8.54. The summed E-state index contributed by atoms with van der Waals surface area (Å²) in [6.07, 6.45) is 0.723. The number of para-hydroxylation sites is 1. The molecule has 0 unspecified atom stereocenters. The Bertz CT molecular complexity index is 990. The third-order valence-corrected chi connectivity index (χ3v) is 5.85. The Morgan fingerprint density at radius 3 is 2.43 bits per heavy atom. The number of anilines is 1. The summed E-state index contributed by atoms with van der Waals surface area (Å²) in [7, 11) is -1.16. The number of aryl methyl sites for hydroxylation is 1. The van der Waals surface area contributed by atoms with Gasteiger partial charge in [0.15, 0.2) is 0 Å². The number of hydrogen-bond donors (Lipinski definition) is 2. The number of carbonyl (C=O) groups is 2. The summed E-state index contributed by atoms with van der Waals surface area (Å²) < 4.78 is 39.3. The van der Waals surface area contributed by atoms with Crippen molar-refractivity contribution in [3.8, 4) is 0 Å². The van der Waals surface area contributed by atoms with Crippen molar-refractivity contribution in [3.63, 3.8) is 0 Å². The molecule has 0 spiro atoms. The van der Waals surface area contributed by atoms with Gasteiger partial charge < -0.3 is 10.6 Å². The van der Waals surface area contributed by atoms with Gasteiger partial charge in [-0.15, -0.1) is 0 Å². The topological polar surface area (TPSA) is 95.6 Å². The highest BCUT2D eigenvalue weighted by Crippen LogP contribution is 2.18. The van der Waals surface area contributed by atoms with Crippen molar-refractivity contribution in [2.75, 3.05) is 26.0 Å². The van der Waals surface area contributed by atoms with Gasteiger partial charge >= 0.3 is 0 Å². The lowest BCUT2D eigenvalue weighted by Gasteiger charge is -2.13. The van der Waals surface area contributed by atoms with Crippen molar-refractivity contribution in [1.29, 1.82) is 0 Å². The Morgan fingerprint density at radius 1 is 1.11 bits per heavy atom. The number of rotatable bonds is 7. The second kappa shape index (κ2) is 8.94. The number of sulfonamides is 1. The summed E-state index contributed by atoms with van der Waals surface area (Å²) >= 11 is 0. The van der Waals surface area contributed by atoms with E-state index in [4.69, 9.17) is 0 Å². The number of carbonyl (C=O) groups excluding carboxylic acids is 2. The molecular formula is C19H22FN3O4S. The van der Waals surface area contributed by atoms with Crippen molar-refractivity contribution >= 4 is 27.5 Å². The highest BCUT2D eigenvalue weighted by Gasteiger charge is 2.21. The monoisotopic (exact) mass is 407 g/mol. The largest absolute Gasteiger partial charge is 0.343 e. The fraction of sp³-hybridized carbons (Fsp3) is 0.263. The summed E-state index contributed by atoms with van der Waals surface area (Å²) in [4.78, 5) is 24.1. The predicted molar refractivity (Wildman–Crippen MR) is 104 cm³/mol. The third-order valence-electron chi connectivity index (χ3n) is 4.04. The van der Waals surface area contributed by atoms with Crippen LogP contribution in [0.3, 0.4) is 0 Å². The van der Waals surface area contributed by atoms with Gasteiger partial charge in [0.05, 0.1) is 17.0 Å². The van der Waals surface area contributed by atoms with Gasteiger partial charge in [-0.1, -0.05) is 25.1 Å². The van der Waals surface area contributed by atoms with E-state index in [-0.39, 0.29) is 11.4 Å². The van der Waals surface area contributed by atoms with Crippen molar-refractivity contribution in [2.45, 2.75) is 18.2 Å². The van der Waals surface area contributed by atoms with E-state index in [0.29, 0.717) is 5.69 Å². The Kier molecular flexibility index (Phi) is 6.87. The molecule has 0 aliphatic rings. The van der Waals surface area contributed by atoms with Gasteiger partial charge in [0.25, 0.3) is 5.91 Å². The van der Waals surface area contributed by atoms with Gasteiger partial charge in [-0.05, 0) is 36.2 Å². The van der Waals surface area contributed by atoms with Crippen LogP contribution in [0.4, 0.5) is 10.1 Å². The fourth-order valence-corrected chi connectivity index (χ4v) is 3.38. The van der Waals surface area contributed by atoms with Gasteiger partial charge in [0.2, 0.25) is 15.9 Å². The van der Waals surface area contributed by atoms with E-state index in [1.165, 1.54) is 14.1 Å². The zero-order valence-corrected chi connectivity index (χ0v) is 16.6. The molecule has 0 atom stereocenters. The van der Waals surface area contributed by atoms with Crippen LogP contribution in [0.15, 0.2) is 47.4 Å². The van der Waals surface area contributed by atoms with Crippen LogP contribution < -0.4 is 10.6 Å². The van der Waals surface area contributed by atoms with Gasteiger partial charge in [0.1, 0.15) is 5.82 Å². The minimum absolute atomic E-state index is 0.217. The van der Waals surface area contributed by atoms with Gasteiger partial charge in [0, 0.05) is 19.8 Å². The summed E-state index contributed by atoms with van der Waals surface area (Å²) in [5.74, 6) is -2.24. The Labute approximate surface area is 163 Å². The first-order chi connectivity index (χ1) is 13.2. The first kappa shape index (κ1) is 21.5. The lowest BCUT2D eigenvalue weighted by atomic mass is 10.1. The third kappa shape index (κ3) is 4.93. The predicted octanol–water partition coefficient (Wildman–Crippen LogP) is 2.01. The van der Waals surface area contributed by atoms with Crippen molar-refractivity contribution in [1.82, 2.24) is 9.62 Å². The molecular weight excluding hydrogens is 385 g/mol. The molecule has 2 aromatic carbocycles. The fourth-order valence-electron chi connectivity index (χ4n) is 2.45. The number of nitrogens with one attached hydrogen (secondary N) is 2. The summed E-state index contributed by atoms with van der Waals surface area (Å²) in [6.45, 7) is 1.56. The van der Waals surface area contributed by atoms with Crippen LogP contribution in [-0.4, -0.2) is 45.2 Å². The molecule has 0 aliphatic heterocycles. The van der Waals surface area contributed by atoms with Gasteiger partial charge in [-0.3, -0.25) is 9.59 Å². The molecule has 7 nitrogen and oxygen atoms in total. The molecule has 0 radical (unpaired) electrons. The molecule has 0 bridgehead atoms. The maximum Gasteiger partial charge on any atom is 0.254 e. The summed E-state index contributed by atoms with van der Waals surface area (Å²) in [6, 6.07) is 10.2. The minimum atomic E-state index is -3.82. The van der Waals surface area contributed by atoms with Crippen LogP contribution in [-0.2, 0) is 21.2 Å². The number of amides is 2. The lowest BCUT2D eigenvalue weighted by Crippen LogP contribution is -2.33. The van der Waals surface area contributed by atoms with E-state index in [9.17, 15) is 22.4 Å².